The van der Waals surface area contributed by atoms with E-state index in [-0.39, 0.29) is 22.7 Å². The summed E-state index contributed by atoms with van der Waals surface area (Å²) in [5, 5.41) is 10.2. The molecule has 1 atom stereocenters. The molecule has 10 heteroatoms. The first-order valence-electron chi connectivity index (χ1n) is 12.1. The van der Waals surface area contributed by atoms with Gasteiger partial charge in [0.05, 0.1) is 50.2 Å². The topological polar surface area (TPSA) is 141 Å². The van der Waals surface area contributed by atoms with E-state index >= 15 is 0 Å². The first kappa shape index (κ1) is 26.1. The number of nitriles is 1. The van der Waals surface area contributed by atoms with Crippen LogP contribution in [0.25, 0.3) is 22.6 Å². The highest BCUT2D eigenvalue weighted by Gasteiger charge is 2.43. The van der Waals surface area contributed by atoms with Crippen molar-refractivity contribution < 1.29 is 28.2 Å². The average molecular weight is 537 g/mol. The van der Waals surface area contributed by atoms with E-state index in [0.29, 0.717) is 34.0 Å². The van der Waals surface area contributed by atoms with E-state index in [0.717, 1.165) is 5.56 Å². The van der Waals surface area contributed by atoms with Gasteiger partial charge in [-0.1, -0.05) is 30.3 Å². The third-order valence-electron chi connectivity index (χ3n) is 6.58. The minimum Gasteiger partial charge on any atom is -0.497 e. The molecule has 2 N–H and O–H groups in total. The Balaban J connectivity index is 1.71. The number of carbonyl (C=O) groups excluding carboxylic acids is 2. The summed E-state index contributed by atoms with van der Waals surface area (Å²) in [6.45, 7) is 0. The molecule has 0 saturated heterocycles. The molecule has 1 aliphatic rings. The van der Waals surface area contributed by atoms with E-state index in [4.69, 9.17) is 24.4 Å². The van der Waals surface area contributed by atoms with Crippen molar-refractivity contribution in [1.82, 2.24) is 4.98 Å². The molecule has 10 nitrogen and oxygen atoms in total. The van der Waals surface area contributed by atoms with Gasteiger partial charge in [-0.2, -0.15) is 5.26 Å². The molecule has 2 heterocycles. The molecule has 3 aromatic carbocycles. The van der Waals surface area contributed by atoms with Crippen molar-refractivity contribution in [3.63, 3.8) is 0 Å². The molecule has 1 unspecified atom stereocenters. The Morgan fingerprint density at radius 3 is 2.30 bits per heavy atom. The summed E-state index contributed by atoms with van der Waals surface area (Å²) in [5.74, 6) is -1.56. The number of fused-ring (bicyclic) bond motifs is 1. The quantitative estimate of drug-likeness (QED) is 0.352. The summed E-state index contributed by atoms with van der Waals surface area (Å²) in [6, 6.07) is 23.1. The summed E-state index contributed by atoms with van der Waals surface area (Å²) in [5.41, 5.74) is 9.02. The van der Waals surface area contributed by atoms with Crippen molar-refractivity contribution in [3.05, 3.63) is 101 Å². The van der Waals surface area contributed by atoms with Crippen molar-refractivity contribution in [2.24, 2.45) is 5.73 Å². The van der Waals surface area contributed by atoms with E-state index in [1.54, 1.807) is 67.8 Å². The van der Waals surface area contributed by atoms with E-state index in [2.05, 4.69) is 11.1 Å². The average Bonchev–Trinajstić information content (AvgIpc) is 3.43. The fourth-order valence-electron chi connectivity index (χ4n) is 4.69. The van der Waals surface area contributed by atoms with Gasteiger partial charge in [0.15, 0.2) is 5.58 Å². The SMILES string of the molecule is COC(=O)C1=C(C(=O)OC)N(c2ccc3oc(-c4ccc(OC)cc4)nc3c2)C(N)=C(C#N)C1c1ccccc1. The summed E-state index contributed by atoms with van der Waals surface area (Å²) >= 11 is 0. The second-order valence-electron chi connectivity index (χ2n) is 8.73. The third kappa shape index (κ3) is 4.39. The number of nitrogens with zero attached hydrogens (tertiary/aromatic N) is 3. The number of benzene rings is 3. The van der Waals surface area contributed by atoms with Gasteiger partial charge in [0.2, 0.25) is 5.89 Å². The van der Waals surface area contributed by atoms with Crippen LogP contribution in [0, 0.1) is 11.3 Å². The van der Waals surface area contributed by atoms with Crippen LogP contribution in [0.5, 0.6) is 5.75 Å². The molecule has 0 amide bonds. The van der Waals surface area contributed by atoms with Crippen LogP contribution in [0.2, 0.25) is 0 Å². The third-order valence-corrected chi connectivity index (χ3v) is 6.58. The molecule has 0 radical (unpaired) electrons. The molecule has 4 aromatic rings. The number of nitrogens with two attached hydrogens (primary N) is 1. The van der Waals surface area contributed by atoms with Gasteiger partial charge in [-0.25, -0.2) is 14.6 Å². The minimum atomic E-state index is -0.957. The molecule has 200 valence electrons. The molecule has 1 aromatic heterocycles. The van der Waals surface area contributed by atoms with Crippen molar-refractivity contribution in [3.8, 4) is 23.3 Å². The number of hydrogen-bond acceptors (Lipinski definition) is 10. The maximum absolute atomic E-state index is 13.3. The lowest BCUT2D eigenvalue weighted by molar-refractivity contribution is -0.139. The van der Waals surface area contributed by atoms with Crippen LogP contribution >= 0.6 is 0 Å². The minimum absolute atomic E-state index is 0.0392. The van der Waals surface area contributed by atoms with Crippen molar-refractivity contribution >= 4 is 28.7 Å². The highest BCUT2D eigenvalue weighted by Crippen LogP contribution is 2.43. The number of carbonyl (C=O) groups is 2. The maximum Gasteiger partial charge on any atom is 0.355 e. The number of esters is 2. The molecule has 0 bridgehead atoms. The molecular weight excluding hydrogens is 512 g/mol. The van der Waals surface area contributed by atoms with E-state index < -0.39 is 17.9 Å². The normalized spacial score (nSPS) is 15.2. The number of rotatable bonds is 6. The lowest BCUT2D eigenvalue weighted by Crippen LogP contribution is -2.40. The van der Waals surface area contributed by atoms with Crippen molar-refractivity contribution in [2.45, 2.75) is 5.92 Å². The number of oxazole rings is 1. The Bertz CT molecular complexity index is 1710. The highest BCUT2D eigenvalue weighted by atomic mass is 16.5. The van der Waals surface area contributed by atoms with Gasteiger partial charge in [0, 0.05) is 5.56 Å². The Hall–Kier alpha value is -5.56. The first-order chi connectivity index (χ1) is 19.4. The molecule has 5 rings (SSSR count). The van der Waals surface area contributed by atoms with Gasteiger partial charge in [-0.15, -0.1) is 0 Å². The zero-order valence-electron chi connectivity index (χ0n) is 21.9. The van der Waals surface area contributed by atoms with Gasteiger partial charge in [0.1, 0.15) is 22.8 Å². The lowest BCUT2D eigenvalue weighted by Gasteiger charge is -2.35. The zero-order valence-corrected chi connectivity index (χ0v) is 21.9. The number of ether oxygens (including phenoxy) is 3. The van der Waals surface area contributed by atoms with Crippen LogP contribution in [0.4, 0.5) is 5.69 Å². The van der Waals surface area contributed by atoms with Gasteiger partial charge < -0.3 is 24.4 Å². The second-order valence-corrected chi connectivity index (χ2v) is 8.73. The van der Waals surface area contributed by atoms with E-state index in [1.807, 2.05) is 12.1 Å². The number of hydrogen-bond donors (Lipinski definition) is 1. The lowest BCUT2D eigenvalue weighted by atomic mass is 9.81. The standard InChI is InChI=1S/C30H24N4O6/c1-37-20-12-9-18(10-13-20)28-33-22-15-19(11-14-23(22)40-28)34-26(30(36)39-3)25(29(35)38-2)24(21(16-31)27(34)32)17-7-5-4-6-8-17/h4-15,24H,32H2,1-3H3. The monoisotopic (exact) mass is 536 g/mol. The number of anilines is 1. The van der Waals surface area contributed by atoms with E-state index in [9.17, 15) is 14.9 Å². The Morgan fingerprint density at radius 2 is 1.68 bits per heavy atom. The fourth-order valence-corrected chi connectivity index (χ4v) is 4.69. The molecule has 0 saturated carbocycles. The predicted molar refractivity (Wildman–Crippen MR) is 146 cm³/mol. The van der Waals surface area contributed by atoms with Crippen molar-refractivity contribution in [1.29, 1.82) is 5.26 Å². The molecular formula is C30H24N4O6. The van der Waals surface area contributed by atoms with Gasteiger partial charge in [-0.05, 0) is 48.0 Å². The van der Waals surface area contributed by atoms with Crippen LogP contribution in [0.1, 0.15) is 11.5 Å². The molecule has 1 aliphatic heterocycles. The Morgan fingerprint density at radius 1 is 0.975 bits per heavy atom. The number of methoxy groups -OCH3 is 3. The number of aromatic nitrogens is 1. The number of allylic oxidation sites excluding steroid dienone is 1. The molecule has 0 spiro atoms. The van der Waals surface area contributed by atoms with Crippen LogP contribution in [-0.2, 0) is 19.1 Å². The summed E-state index contributed by atoms with van der Waals surface area (Å²) in [6.07, 6.45) is 0. The predicted octanol–water partition coefficient (Wildman–Crippen LogP) is 4.40. The van der Waals surface area contributed by atoms with Crippen LogP contribution in [0.3, 0.4) is 0 Å². The van der Waals surface area contributed by atoms with Gasteiger partial charge in [0.25, 0.3) is 0 Å². The zero-order chi connectivity index (χ0) is 28.4. The Labute approximate surface area is 229 Å². The van der Waals surface area contributed by atoms with Crippen LogP contribution < -0.4 is 15.4 Å². The van der Waals surface area contributed by atoms with Crippen LogP contribution in [-0.4, -0.2) is 38.3 Å². The second kappa shape index (κ2) is 10.7. The summed E-state index contributed by atoms with van der Waals surface area (Å²) in [7, 11) is 3.98. The largest absolute Gasteiger partial charge is 0.497 e. The highest BCUT2D eigenvalue weighted by molar-refractivity contribution is 6.06. The van der Waals surface area contributed by atoms with Gasteiger partial charge >= 0.3 is 11.9 Å². The smallest absolute Gasteiger partial charge is 0.355 e. The van der Waals surface area contributed by atoms with Gasteiger partial charge in [-0.3, -0.25) is 4.90 Å². The molecule has 0 fully saturated rings. The molecule has 0 aliphatic carbocycles. The van der Waals surface area contributed by atoms with E-state index in [1.165, 1.54) is 19.1 Å². The summed E-state index contributed by atoms with van der Waals surface area (Å²) in [4.78, 5) is 32.4. The maximum atomic E-state index is 13.3. The molecule has 40 heavy (non-hydrogen) atoms. The Kier molecular flexibility index (Phi) is 6.95. The fraction of sp³-hybridized carbons (Fsp3) is 0.133. The summed E-state index contributed by atoms with van der Waals surface area (Å²) < 4.78 is 21.3. The van der Waals surface area contributed by atoms with Crippen molar-refractivity contribution in [2.75, 3.05) is 26.2 Å². The van der Waals surface area contributed by atoms with Crippen LogP contribution in [0.15, 0.2) is 99.9 Å². The first-order valence-corrected chi connectivity index (χ1v) is 12.1.